The average molecular weight is 274 g/mol. The molecule has 0 fully saturated rings. The van der Waals surface area contributed by atoms with E-state index in [1.807, 2.05) is 30.7 Å². The lowest BCUT2D eigenvalue weighted by molar-refractivity contribution is -0.125. The Kier molecular flexibility index (Phi) is 4.09. The van der Waals surface area contributed by atoms with Crippen LogP contribution in [0.3, 0.4) is 0 Å². The van der Waals surface area contributed by atoms with Gasteiger partial charge in [-0.2, -0.15) is 5.10 Å². The highest BCUT2D eigenvalue weighted by molar-refractivity contribution is 5.82. The van der Waals surface area contributed by atoms with Gasteiger partial charge < -0.3 is 11.1 Å². The molecule has 0 bridgehead atoms. The van der Waals surface area contributed by atoms with Gasteiger partial charge in [-0.3, -0.25) is 9.48 Å². The number of aromatic nitrogens is 2. The van der Waals surface area contributed by atoms with E-state index in [9.17, 15) is 4.79 Å². The minimum Gasteiger partial charge on any atom is -0.369 e. The van der Waals surface area contributed by atoms with Crippen LogP contribution >= 0.6 is 0 Å². The summed E-state index contributed by atoms with van der Waals surface area (Å²) in [6.45, 7) is 7.76. The van der Waals surface area contributed by atoms with Crippen LogP contribution in [0.5, 0.6) is 0 Å². The van der Waals surface area contributed by atoms with Crippen LogP contribution < -0.4 is 11.1 Å². The van der Waals surface area contributed by atoms with E-state index in [4.69, 9.17) is 5.73 Å². The summed E-state index contributed by atoms with van der Waals surface area (Å²) >= 11 is 0. The molecule has 2 aromatic rings. The van der Waals surface area contributed by atoms with Crippen molar-refractivity contribution in [2.24, 2.45) is 11.1 Å². The first-order valence-electron chi connectivity index (χ1n) is 6.90. The molecule has 0 saturated heterocycles. The van der Waals surface area contributed by atoms with E-state index in [1.54, 1.807) is 0 Å². The van der Waals surface area contributed by atoms with E-state index in [1.165, 1.54) is 0 Å². The molecule has 1 aromatic heterocycles. The molecule has 5 heteroatoms. The largest absolute Gasteiger partial charge is 0.369 e. The summed E-state index contributed by atoms with van der Waals surface area (Å²) in [5, 5.41) is 9.04. The van der Waals surface area contributed by atoms with Crippen LogP contribution in [0, 0.1) is 5.41 Å². The Morgan fingerprint density at radius 2 is 2.10 bits per heavy atom. The first-order valence-corrected chi connectivity index (χ1v) is 6.90. The monoisotopic (exact) mass is 274 g/mol. The molecular weight excluding hydrogens is 252 g/mol. The number of hydrogen-bond acceptors (Lipinski definition) is 3. The Labute approximate surface area is 119 Å². The molecule has 0 aliphatic carbocycles. The Bertz CT molecular complexity index is 615. The van der Waals surface area contributed by atoms with Gasteiger partial charge in [0.05, 0.1) is 16.6 Å². The Hall–Kier alpha value is -1.88. The fourth-order valence-corrected chi connectivity index (χ4v) is 2.15. The molecule has 1 amide bonds. The standard InChI is InChI=1S/C15H22N4O/c1-4-19-13-8-6-5-7-11(13)12(18-19)9-17-10-15(2,3)14(16)20/h5-8,17H,4,9-10H2,1-3H3,(H2,16,20). The topological polar surface area (TPSA) is 72.9 Å². The van der Waals surface area contributed by atoms with Crippen molar-refractivity contribution in [1.29, 1.82) is 0 Å². The number of nitrogens with zero attached hydrogens (tertiary/aromatic N) is 2. The summed E-state index contributed by atoms with van der Waals surface area (Å²) in [6, 6.07) is 8.18. The van der Waals surface area contributed by atoms with Crippen LogP contribution in [-0.2, 0) is 17.9 Å². The van der Waals surface area contributed by atoms with Gasteiger partial charge in [0.25, 0.3) is 0 Å². The maximum atomic E-state index is 11.3. The zero-order valence-corrected chi connectivity index (χ0v) is 12.3. The van der Waals surface area contributed by atoms with Crippen molar-refractivity contribution in [2.45, 2.75) is 33.9 Å². The molecule has 3 N–H and O–H groups in total. The second-order valence-corrected chi connectivity index (χ2v) is 5.63. The molecule has 1 heterocycles. The van der Waals surface area contributed by atoms with E-state index in [2.05, 4.69) is 29.5 Å². The number of amides is 1. The summed E-state index contributed by atoms with van der Waals surface area (Å²) in [4.78, 5) is 11.3. The van der Waals surface area contributed by atoms with Crippen LogP contribution in [0.4, 0.5) is 0 Å². The minimum absolute atomic E-state index is 0.297. The smallest absolute Gasteiger partial charge is 0.224 e. The van der Waals surface area contributed by atoms with Gasteiger partial charge in [0, 0.05) is 25.0 Å². The zero-order chi connectivity index (χ0) is 14.8. The Balaban J connectivity index is 2.13. The van der Waals surface area contributed by atoms with Crippen molar-refractivity contribution in [1.82, 2.24) is 15.1 Å². The first kappa shape index (κ1) is 14.5. The van der Waals surface area contributed by atoms with Crippen molar-refractivity contribution >= 4 is 16.8 Å². The Morgan fingerprint density at radius 1 is 1.40 bits per heavy atom. The quantitative estimate of drug-likeness (QED) is 0.841. The van der Waals surface area contributed by atoms with E-state index in [0.717, 1.165) is 23.1 Å². The number of para-hydroxylation sites is 1. The van der Waals surface area contributed by atoms with Gasteiger partial charge in [-0.15, -0.1) is 0 Å². The number of benzene rings is 1. The van der Waals surface area contributed by atoms with E-state index in [-0.39, 0.29) is 5.91 Å². The average Bonchev–Trinajstić information content (AvgIpc) is 2.77. The maximum Gasteiger partial charge on any atom is 0.224 e. The number of carbonyl (C=O) groups is 1. The summed E-state index contributed by atoms with van der Waals surface area (Å²) in [6.07, 6.45) is 0. The molecule has 0 unspecified atom stereocenters. The van der Waals surface area contributed by atoms with Crippen LogP contribution in [0.15, 0.2) is 24.3 Å². The number of primary amides is 1. The van der Waals surface area contributed by atoms with Crippen molar-refractivity contribution in [3.8, 4) is 0 Å². The summed E-state index contributed by atoms with van der Waals surface area (Å²) in [7, 11) is 0. The Morgan fingerprint density at radius 3 is 2.75 bits per heavy atom. The highest BCUT2D eigenvalue weighted by Gasteiger charge is 2.24. The highest BCUT2D eigenvalue weighted by Crippen LogP contribution is 2.19. The van der Waals surface area contributed by atoms with Gasteiger partial charge in [-0.05, 0) is 26.8 Å². The lowest BCUT2D eigenvalue weighted by Gasteiger charge is -2.20. The number of rotatable bonds is 6. The van der Waals surface area contributed by atoms with Crippen LogP contribution in [0.1, 0.15) is 26.5 Å². The third-order valence-electron chi connectivity index (χ3n) is 3.56. The summed E-state index contributed by atoms with van der Waals surface area (Å²) in [5.41, 5.74) is 6.96. The third kappa shape index (κ3) is 2.82. The molecule has 20 heavy (non-hydrogen) atoms. The molecule has 0 aliphatic heterocycles. The molecule has 0 spiro atoms. The first-order chi connectivity index (χ1) is 9.45. The predicted molar refractivity (Wildman–Crippen MR) is 80.1 cm³/mol. The molecule has 0 radical (unpaired) electrons. The molecule has 1 aromatic carbocycles. The fraction of sp³-hybridized carbons (Fsp3) is 0.467. The normalized spacial score (nSPS) is 11.9. The van der Waals surface area contributed by atoms with Crippen LogP contribution in [0.25, 0.3) is 10.9 Å². The summed E-state index contributed by atoms with van der Waals surface area (Å²) < 4.78 is 1.99. The van der Waals surface area contributed by atoms with Gasteiger partial charge in [0.2, 0.25) is 5.91 Å². The van der Waals surface area contributed by atoms with Gasteiger partial charge in [0.1, 0.15) is 0 Å². The van der Waals surface area contributed by atoms with E-state index >= 15 is 0 Å². The van der Waals surface area contributed by atoms with Crippen molar-refractivity contribution in [2.75, 3.05) is 6.54 Å². The number of nitrogens with one attached hydrogen (secondary N) is 1. The van der Waals surface area contributed by atoms with Crippen molar-refractivity contribution in [3.63, 3.8) is 0 Å². The lowest BCUT2D eigenvalue weighted by atomic mass is 9.93. The molecular formula is C15H22N4O. The van der Waals surface area contributed by atoms with Gasteiger partial charge >= 0.3 is 0 Å². The number of carbonyl (C=O) groups excluding carboxylic acids is 1. The fourth-order valence-electron chi connectivity index (χ4n) is 2.15. The second kappa shape index (κ2) is 5.63. The number of fused-ring (bicyclic) bond motifs is 1. The SMILES string of the molecule is CCn1nc(CNCC(C)(C)C(N)=O)c2ccccc21. The zero-order valence-electron chi connectivity index (χ0n) is 12.3. The molecule has 0 atom stereocenters. The molecule has 5 nitrogen and oxygen atoms in total. The van der Waals surface area contributed by atoms with E-state index < -0.39 is 5.41 Å². The third-order valence-corrected chi connectivity index (χ3v) is 3.56. The number of nitrogens with two attached hydrogens (primary N) is 1. The number of hydrogen-bond donors (Lipinski definition) is 2. The second-order valence-electron chi connectivity index (χ2n) is 5.63. The van der Waals surface area contributed by atoms with Gasteiger partial charge in [-0.25, -0.2) is 0 Å². The summed E-state index contributed by atoms with van der Waals surface area (Å²) in [5.74, 6) is -0.297. The number of aryl methyl sites for hydroxylation is 1. The van der Waals surface area contributed by atoms with Gasteiger partial charge in [0.15, 0.2) is 0 Å². The molecule has 108 valence electrons. The van der Waals surface area contributed by atoms with Crippen molar-refractivity contribution < 1.29 is 4.79 Å². The maximum absolute atomic E-state index is 11.3. The van der Waals surface area contributed by atoms with E-state index in [0.29, 0.717) is 13.1 Å². The lowest BCUT2D eigenvalue weighted by Crippen LogP contribution is -2.40. The van der Waals surface area contributed by atoms with Crippen molar-refractivity contribution in [3.05, 3.63) is 30.0 Å². The van der Waals surface area contributed by atoms with Crippen LogP contribution in [0.2, 0.25) is 0 Å². The van der Waals surface area contributed by atoms with Crippen LogP contribution in [-0.4, -0.2) is 22.2 Å². The molecule has 0 saturated carbocycles. The predicted octanol–water partition coefficient (Wildman–Crippen LogP) is 1.66. The van der Waals surface area contributed by atoms with Gasteiger partial charge in [-0.1, -0.05) is 18.2 Å². The minimum atomic E-state index is -0.552. The molecule has 0 aliphatic rings. The highest BCUT2D eigenvalue weighted by atomic mass is 16.1. The molecule has 2 rings (SSSR count).